The number of ether oxygens (including phenoxy) is 1. The molecule has 0 saturated carbocycles. The van der Waals surface area contributed by atoms with E-state index < -0.39 is 10.0 Å². The molecule has 4 aromatic carbocycles. The predicted molar refractivity (Wildman–Crippen MR) is 165 cm³/mol. The van der Waals surface area contributed by atoms with Crippen LogP contribution in [0.2, 0.25) is 0 Å². The van der Waals surface area contributed by atoms with Crippen molar-refractivity contribution in [3.63, 3.8) is 0 Å². The Morgan fingerprint density at radius 3 is 1.98 bits per heavy atom. The zero-order valence-electron chi connectivity index (χ0n) is 22.7. The Bertz CT molecular complexity index is 1540. The van der Waals surface area contributed by atoms with Crippen molar-refractivity contribution >= 4 is 37.5 Å². The molecule has 1 aliphatic heterocycles. The molecule has 0 spiro atoms. The molecule has 0 aliphatic carbocycles. The van der Waals surface area contributed by atoms with Crippen molar-refractivity contribution in [3.8, 4) is 5.75 Å². The molecule has 41 heavy (non-hydrogen) atoms. The number of carbonyl (C=O) groups is 1. The summed E-state index contributed by atoms with van der Waals surface area (Å²) in [5, 5.41) is 2.83. The van der Waals surface area contributed by atoms with Gasteiger partial charge < -0.3 is 10.1 Å². The summed E-state index contributed by atoms with van der Waals surface area (Å²) in [5.41, 5.74) is 3.34. The largest absolute Gasteiger partial charge is 0.493 e. The van der Waals surface area contributed by atoms with Crippen molar-refractivity contribution in [1.29, 1.82) is 0 Å². The van der Waals surface area contributed by atoms with Gasteiger partial charge in [-0.1, -0.05) is 60.7 Å². The number of halogens is 1. The first-order valence-corrected chi connectivity index (χ1v) is 15.8. The highest BCUT2D eigenvalue weighted by Crippen LogP contribution is 2.31. The van der Waals surface area contributed by atoms with Crippen molar-refractivity contribution in [3.05, 3.63) is 124 Å². The number of hydrogen-bond acceptors (Lipinski definition) is 5. The van der Waals surface area contributed by atoms with Crippen LogP contribution in [0.1, 0.15) is 34.5 Å². The van der Waals surface area contributed by atoms with E-state index in [2.05, 4.69) is 50.4 Å². The second-order valence-electron chi connectivity index (χ2n) is 9.72. The molecule has 1 N–H and O–H groups in total. The minimum atomic E-state index is -3.68. The molecule has 1 saturated heterocycles. The van der Waals surface area contributed by atoms with Gasteiger partial charge in [-0.05, 0) is 76.4 Å². The quantitative estimate of drug-likeness (QED) is 0.238. The van der Waals surface area contributed by atoms with Crippen LogP contribution in [0.3, 0.4) is 0 Å². The van der Waals surface area contributed by atoms with E-state index in [1.807, 2.05) is 43.3 Å². The second-order valence-corrected chi connectivity index (χ2v) is 12.5. The van der Waals surface area contributed by atoms with Crippen LogP contribution in [0.4, 0.5) is 5.69 Å². The lowest BCUT2D eigenvalue weighted by Gasteiger charge is -2.39. The van der Waals surface area contributed by atoms with Crippen molar-refractivity contribution < 1.29 is 17.9 Å². The summed E-state index contributed by atoms with van der Waals surface area (Å²) in [4.78, 5) is 15.3. The zero-order valence-corrected chi connectivity index (χ0v) is 25.1. The maximum absolute atomic E-state index is 13.5. The summed E-state index contributed by atoms with van der Waals surface area (Å²) in [6, 6.07) is 32.1. The zero-order chi connectivity index (χ0) is 28.8. The average Bonchev–Trinajstić information content (AvgIpc) is 3.00. The van der Waals surface area contributed by atoms with Gasteiger partial charge in [-0.3, -0.25) is 9.69 Å². The fourth-order valence-electron chi connectivity index (χ4n) is 5.06. The molecule has 0 bridgehead atoms. The molecule has 0 unspecified atom stereocenters. The molecule has 1 amide bonds. The molecule has 1 heterocycles. The van der Waals surface area contributed by atoms with Gasteiger partial charge in [-0.15, -0.1) is 0 Å². The summed E-state index contributed by atoms with van der Waals surface area (Å²) < 4.78 is 34.7. The number of amides is 1. The number of hydrogen-bond donors (Lipinski definition) is 1. The summed E-state index contributed by atoms with van der Waals surface area (Å²) in [6.45, 7) is 4.42. The number of benzene rings is 4. The molecular formula is C32H32BrN3O4S. The molecule has 7 nitrogen and oxygen atoms in total. The van der Waals surface area contributed by atoms with Gasteiger partial charge in [-0.25, -0.2) is 8.42 Å². The van der Waals surface area contributed by atoms with E-state index in [0.29, 0.717) is 54.3 Å². The van der Waals surface area contributed by atoms with Crippen molar-refractivity contribution in [2.24, 2.45) is 0 Å². The van der Waals surface area contributed by atoms with E-state index in [-0.39, 0.29) is 16.8 Å². The first-order valence-electron chi connectivity index (χ1n) is 13.5. The third-order valence-corrected chi connectivity index (χ3v) is 9.65. The lowest BCUT2D eigenvalue weighted by Crippen LogP contribution is -2.49. The van der Waals surface area contributed by atoms with Crippen LogP contribution in [-0.4, -0.2) is 56.3 Å². The standard InChI is InChI=1S/C32H32BrN3O4S/c1-2-40-30-18-13-26(23-29(30)33)32(37)34-27-14-16-28(17-15-27)41(38,39)36-21-19-35(20-22-36)31(24-9-5-3-6-10-24)25-11-7-4-8-12-25/h3-18,23,31H,2,19-22H2,1H3,(H,34,37). The molecule has 0 aromatic heterocycles. The number of carbonyl (C=O) groups excluding carboxylic acids is 1. The summed E-state index contributed by atoms with van der Waals surface area (Å²) in [7, 11) is -3.68. The van der Waals surface area contributed by atoms with Gasteiger partial charge in [0.2, 0.25) is 10.0 Å². The Labute approximate surface area is 249 Å². The highest BCUT2D eigenvalue weighted by atomic mass is 79.9. The van der Waals surface area contributed by atoms with Gasteiger partial charge in [0.25, 0.3) is 5.91 Å². The minimum Gasteiger partial charge on any atom is -0.493 e. The number of sulfonamides is 1. The number of piperazine rings is 1. The number of rotatable bonds is 9. The van der Waals surface area contributed by atoms with Crippen LogP contribution in [0.25, 0.3) is 0 Å². The number of nitrogens with zero attached hydrogens (tertiary/aromatic N) is 2. The highest BCUT2D eigenvalue weighted by Gasteiger charge is 2.32. The molecule has 1 aliphatic rings. The van der Waals surface area contributed by atoms with Crippen molar-refractivity contribution in [2.45, 2.75) is 17.9 Å². The third-order valence-electron chi connectivity index (χ3n) is 7.11. The van der Waals surface area contributed by atoms with Crippen LogP contribution < -0.4 is 10.1 Å². The smallest absolute Gasteiger partial charge is 0.255 e. The number of anilines is 1. The topological polar surface area (TPSA) is 78.9 Å². The Hall–Kier alpha value is -3.50. The Morgan fingerprint density at radius 2 is 1.44 bits per heavy atom. The fraction of sp³-hybridized carbons (Fsp3) is 0.219. The van der Waals surface area contributed by atoms with Crippen LogP contribution in [0, 0.1) is 0 Å². The minimum absolute atomic E-state index is 0.0566. The molecule has 5 rings (SSSR count). The van der Waals surface area contributed by atoms with E-state index >= 15 is 0 Å². The maximum atomic E-state index is 13.5. The Morgan fingerprint density at radius 1 is 0.854 bits per heavy atom. The van der Waals surface area contributed by atoms with Crippen LogP contribution in [0.5, 0.6) is 5.75 Å². The van der Waals surface area contributed by atoms with Gasteiger partial charge in [-0.2, -0.15) is 4.31 Å². The maximum Gasteiger partial charge on any atom is 0.255 e. The molecule has 0 radical (unpaired) electrons. The van der Waals surface area contributed by atoms with Gasteiger partial charge in [0.05, 0.1) is 22.0 Å². The summed E-state index contributed by atoms with van der Waals surface area (Å²) in [6.07, 6.45) is 0. The normalized spacial score (nSPS) is 14.6. The SMILES string of the molecule is CCOc1ccc(C(=O)Nc2ccc(S(=O)(=O)N3CCN(C(c4ccccc4)c4ccccc4)CC3)cc2)cc1Br. The van der Waals surface area contributed by atoms with Gasteiger partial charge in [0.1, 0.15) is 5.75 Å². The van der Waals surface area contributed by atoms with Gasteiger partial charge in [0.15, 0.2) is 0 Å². The second kappa shape index (κ2) is 13.0. The summed E-state index contributed by atoms with van der Waals surface area (Å²) >= 11 is 3.43. The van der Waals surface area contributed by atoms with E-state index in [4.69, 9.17) is 4.74 Å². The molecule has 9 heteroatoms. The van der Waals surface area contributed by atoms with Crippen LogP contribution in [0.15, 0.2) is 112 Å². The van der Waals surface area contributed by atoms with E-state index in [9.17, 15) is 13.2 Å². The Balaban J connectivity index is 1.24. The van der Waals surface area contributed by atoms with E-state index in [1.165, 1.54) is 11.1 Å². The lowest BCUT2D eigenvalue weighted by atomic mass is 9.96. The van der Waals surface area contributed by atoms with Gasteiger partial charge in [0, 0.05) is 37.4 Å². The van der Waals surface area contributed by atoms with E-state index in [0.717, 1.165) is 0 Å². The first kappa shape index (κ1) is 29.0. The summed E-state index contributed by atoms with van der Waals surface area (Å²) in [5.74, 6) is 0.363. The molecule has 0 atom stereocenters. The van der Waals surface area contributed by atoms with Crippen molar-refractivity contribution in [1.82, 2.24) is 9.21 Å². The predicted octanol–water partition coefficient (Wildman–Crippen LogP) is 6.20. The monoisotopic (exact) mass is 633 g/mol. The van der Waals surface area contributed by atoms with Gasteiger partial charge >= 0.3 is 0 Å². The molecular weight excluding hydrogens is 602 g/mol. The first-order chi connectivity index (χ1) is 19.9. The average molecular weight is 635 g/mol. The van der Waals surface area contributed by atoms with Crippen molar-refractivity contribution in [2.75, 3.05) is 38.1 Å². The van der Waals surface area contributed by atoms with Crippen LogP contribution >= 0.6 is 15.9 Å². The molecule has 212 valence electrons. The highest BCUT2D eigenvalue weighted by molar-refractivity contribution is 9.10. The third kappa shape index (κ3) is 6.70. The Kier molecular flexibility index (Phi) is 9.19. The molecule has 1 fully saturated rings. The fourth-order valence-corrected chi connectivity index (χ4v) is 6.98. The van der Waals surface area contributed by atoms with Crippen LogP contribution in [-0.2, 0) is 10.0 Å². The lowest BCUT2D eigenvalue weighted by molar-refractivity contribution is 0.102. The molecule has 4 aromatic rings. The van der Waals surface area contributed by atoms with E-state index in [1.54, 1.807) is 46.8 Å². The number of nitrogens with one attached hydrogen (secondary N) is 1.